The first-order chi connectivity index (χ1) is 15.8. The topological polar surface area (TPSA) is 131 Å². The van der Waals surface area contributed by atoms with Crippen molar-refractivity contribution in [1.82, 2.24) is 24.8 Å². The fraction of sp³-hybridized carbons (Fsp3) is 0.381. The van der Waals surface area contributed by atoms with E-state index in [4.69, 9.17) is 5.11 Å². The summed E-state index contributed by atoms with van der Waals surface area (Å²) in [6.07, 6.45) is 0.488. The number of halogens is 3. The molecular weight excluding hydrogens is 439 g/mol. The summed E-state index contributed by atoms with van der Waals surface area (Å²) in [5.41, 5.74) is -0.00571. The van der Waals surface area contributed by atoms with Crippen LogP contribution in [0.5, 0.6) is 0 Å². The van der Waals surface area contributed by atoms with E-state index in [0.717, 1.165) is 25.1 Å². The van der Waals surface area contributed by atoms with Crippen molar-refractivity contribution in [2.75, 3.05) is 31.6 Å². The molecule has 9 nitrogen and oxygen atoms in total. The number of aliphatic hydroxyl groups excluding tert-OH is 1. The molecule has 172 valence electrons. The quantitative estimate of drug-likeness (QED) is 0.534. The molecule has 12 heteroatoms. The number of nitrogens with zero attached hydrogens (tertiary/aromatic N) is 5. The molecule has 1 saturated heterocycles. The van der Waals surface area contributed by atoms with Crippen LogP contribution < -0.4 is 5.32 Å². The van der Waals surface area contributed by atoms with Gasteiger partial charge in [-0.1, -0.05) is 0 Å². The molecule has 3 aromatic rings. The van der Waals surface area contributed by atoms with E-state index in [1.54, 1.807) is 4.90 Å². The van der Waals surface area contributed by atoms with E-state index >= 15 is 0 Å². The predicted octanol–water partition coefficient (Wildman–Crippen LogP) is 2.55. The van der Waals surface area contributed by atoms with E-state index in [-0.39, 0.29) is 40.1 Å². The molecule has 0 unspecified atom stereocenters. The van der Waals surface area contributed by atoms with Gasteiger partial charge in [0.15, 0.2) is 0 Å². The lowest BCUT2D eigenvalue weighted by atomic mass is 9.97. The average Bonchev–Trinajstić information content (AvgIpc) is 3.25. The Morgan fingerprint density at radius 2 is 2.06 bits per heavy atom. The van der Waals surface area contributed by atoms with Crippen molar-refractivity contribution < 1.29 is 23.1 Å². The number of H-pyrrole nitrogens is 1. The van der Waals surface area contributed by atoms with E-state index < -0.39 is 18.3 Å². The molecule has 0 aliphatic carbocycles. The van der Waals surface area contributed by atoms with Gasteiger partial charge < -0.3 is 20.3 Å². The number of rotatable bonds is 5. The van der Waals surface area contributed by atoms with Crippen LogP contribution in [0, 0.1) is 17.2 Å². The molecule has 1 aliphatic heterocycles. The number of nitrogens with one attached hydrogen (secondary N) is 2. The Morgan fingerprint density at radius 1 is 1.30 bits per heavy atom. The highest BCUT2D eigenvalue weighted by molar-refractivity contribution is 5.94. The minimum atomic E-state index is -4.55. The van der Waals surface area contributed by atoms with Crippen LogP contribution in [0.4, 0.5) is 19.1 Å². The summed E-state index contributed by atoms with van der Waals surface area (Å²) >= 11 is 0. The third kappa shape index (κ3) is 4.73. The maximum absolute atomic E-state index is 13.2. The van der Waals surface area contributed by atoms with Gasteiger partial charge in [-0.15, -0.1) is 0 Å². The van der Waals surface area contributed by atoms with Crippen LogP contribution in [-0.2, 0) is 11.0 Å². The summed E-state index contributed by atoms with van der Waals surface area (Å²) in [5, 5.41) is 21.8. The number of anilines is 1. The van der Waals surface area contributed by atoms with Crippen molar-refractivity contribution >= 4 is 22.9 Å². The minimum absolute atomic E-state index is 0.120. The number of carbonyl (C=O) groups is 1. The van der Waals surface area contributed by atoms with Crippen LogP contribution in [0.1, 0.15) is 24.0 Å². The minimum Gasteiger partial charge on any atom is -0.387 e. The number of aromatic nitrogens is 4. The zero-order valence-corrected chi connectivity index (χ0v) is 17.4. The molecule has 3 N–H and O–H groups in total. The first-order valence-corrected chi connectivity index (χ1v) is 10.2. The smallest absolute Gasteiger partial charge is 0.387 e. The van der Waals surface area contributed by atoms with E-state index in [9.17, 15) is 23.2 Å². The number of hydrogen-bond acceptors (Lipinski definition) is 7. The maximum atomic E-state index is 13.2. The third-order valence-electron chi connectivity index (χ3n) is 5.67. The predicted molar refractivity (Wildman–Crippen MR) is 112 cm³/mol. The van der Waals surface area contributed by atoms with Gasteiger partial charge in [0.05, 0.1) is 23.0 Å². The number of likely N-dealkylation sites (tertiary alicyclic amines) is 1. The van der Waals surface area contributed by atoms with Crippen molar-refractivity contribution in [3.8, 4) is 17.3 Å². The molecule has 1 aliphatic rings. The Kier molecular flexibility index (Phi) is 6.15. The van der Waals surface area contributed by atoms with E-state index in [2.05, 4.69) is 25.3 Å². The molecule has 4 heterocycles. The highest BCUT2D eigenvalue weighted by Crippen LogP contribution is 2.34. The van der Waals surface area contributed by atoms with Gasteiger partial charge >= 0.3 is 6.18 Å². The number of fused-ring (bicyclic) bond motifs is 1. The summed E-state index contributed by atoms with van der Waals surface area (Å²) in [5.74, 6) is 0.206. The molecule has 1 amide bonds. The largest absolute Gasteiger partial charge is 0.417 e. The van der Waals surface area contributed by atoms with Crippen LogP contribution in [0.2, 0.25) is 0 Å². The van der Waals surface area contributed by atoms with Crippen LogP contribution >= 0.6 is 0 Å². The Bertz CT molecular complexity index is 1210. The Balaban J connectivity index is 1.55. The second kappa shape index (κ2) is 9.03. The number of aliphatic hydroxyl groups is 1. The molecule has 33 heavy (non-hydrogen) atoms. The SMILES string of the molecule is N#Cc1cnc(NCC2CCN(C(=O)CO)CC2)nc1-c1c[nH]c2ncc(C(F)(F)F)cc12. The second-order valence-corrected chi connectivity index (χ2v) is 7.75. The average molecular weight is 459 g/mol. The van der Waals surface area contributed by atoms with E-state index in [0.29, 0.717) is 25.2 Å². The Morgan fingerprint density at radius 3 is 2.73 bits per heavy atom. The normalized spacial score (nSPS) is 14.9. The number of aromatic amines is 1. The van der Waals surface area contributed by atoms with Gasteiger partial charge in [-0.05, 0) is 24.8 Å². The van der Waals surface area contributed by atoms with Crippen molar-refractivity contribution in [2.24, 2.45) is 5.92 Å². The lowest BCUT2D eigenvalue weighted by Crippen LogP contribution is -2.41. The Hall–Kier alpha value is -3.72. The van der Waals surface area contributed by atoms with Crippen LogP contribution in [0.15, 0.2) is 24.7 Å². The standard InChI is InChI=1S/C21H20F3N7O2/c22-21(23,24)14-5-15-16(10-27-19(15)26-9-14)18-13(6-25)8-29-20(30-18)28-7-12-1-3-31(4-2-12)17(33)11-32/h5,8-10,12,32H,1-4,7,11H2,(H,26,27)(H,28,29,30). The summed E-state index contributed by atoms with van der Waals surface area (Å²) in [6, 6.07) is 2.96. The molecule has 0 spiro atoms. The number of alkyl halides is 3. The molecular formula is C21H20F3N7O2. The summed E-state index contributed by atoms with van der Waals surface area (Å²) < 4.78 is 39.5. The van der Waals surface area contributed by atoms with E-state index in [1.807, 2.05) is 6.07 Å². The van der Waals surface area contributed by atoms with Crippen molar-refractivity contribution in [3.63, 3.8) is 0 Å². The van der Waals surface area contributed by atoms with Crippen LogP contribution in [-0.4, -0.2) is 62.1 Å². The molecule has 0 aromatic carbocycles. The first kappa shape index (κ1) is 22.5. The number of nitriles is 1. The fourth-order valence-electron chi connectivity index (χ4n) is 3.83. The van der Waals surface area contributed by atoms with Crippen LogP contribution in [0.25, 0.3) is 22.3 Å². The summed E-state index contributed by atoms with van der Waals surface area (Å²) in [6.45, 7) is 1.13. The second-order valence-electron chi connectivity index (χ2n) is 7.75. The molecule has 3 aromatic heterocycles. The van der Waals surface area contributed by atoms with Crippen LogP contribution in [0.3, 0.4) is 0 Å². The fourth-order valence-corrected chi connectivity index (χ4v) is 3.83. The molecule has 0 bridgehead atoms. The highest BCUT2D eigenvalue weighted by atomic mass is 19.4. The van der Waals surface area contributed by atoms with E-state index in [1.165, 1.54) is 12.4 Å². The zero-order chi connectivity index (χ0) is 23.6. The monoisotopic (exact) mass is 459 g/mol. The summed E-state index contributed by atoms with van der Waals surface area (Å²) in [4.78, 5) is 28.4. The third-order valence-corrected chi connectivity index (χ3v) is 5.67. The number of pyridine rings is 1. The van der Waals surface area contributed by atoms with Crippen molar-refractivity contribution in [3.05, 3.63) is 35.8 Å². The Labute approximate surface area is 186 Å². The maximum Gasteiger partial charge on any atom is 0.417 e. The van der Waals surface area contributed by atoms with Gasteiger partial charge in [-0.2, -0.15) is 18.4 Å². The van der Waals surface area contributed by atoms with Gasteiger partial charge in [0.25, 0.3) is 0 Å². The van der Waals surface area contributed by atoms with Gasteiger partial charge in [-0.3, -0.25) is 4.79 Å². The first-order valence-electron chi connectivity index (χ1n) is 10.2. The van der Waals surface area contributed by atoms with Gasteiger partial charge in [0, 0.05) is 43.0 Å². The van der Waals surface area contributed by atoms with Gasteiger partial charge in [0.1, 0.15) is 18.3 Å². The zero-order valence-electron chi connectivity index (χ0n) is 17.4. The summed E-state index contributed by atoms with van der Waals surface area (Å²) in [7, 11) is 0. The molecule has 0 radical (unpaired) electrons. The highest BCUT2D eigenvalue weighted by Gasteiger charge is 2.32. The number of carbonyl (C=O) groups excluding carboxylic acids is 1. The molecule has 1 fully saturated rings. The lowest BCUT2D eigenvalue weighted by molar-refractivity contribution is -0.137. The van der Waals surface area contributed by atoms with Gasteiger partial charge in [-0.25, -0.2) is 15.0 Å². The number of piperidine rings is 1. The van der Waals surface area contributed by atoms with Gasteiger partial charge in [0.2, 0.25) is 11.9 Å². The molecule has 0 atom stereocenters. The van der Waals surface area contributed by atoms with Crippen molar-refractivity contribution in [2.45, 2.75) is 19.0 Å². The molecule has 0 saturated carbocycles. The number of hydrogen-bond donors (Lipinski definition) is 3. The number of amides is 1. The van der Waals surface area contributed by atoms with Crippen molar-refractivity contribution in [1.29, 1.82) is 5.26 Å². The molecule has 4 rings (SSSR count). The lowest BCUT2D eigenvalue weighted by Gasteiger charge is -2.31.